The third-order valence-electron chi connectivity index (χ3n) is 3.89. The van der Waals surface area contributed by atoms with Gasteiger partial charge in [0.1, 0.15) is 5.52 Å². The van der Waals surface area contributed by atoms with Gasteiger partial charge < -0.3 is 9.73 Å². The van der Waals surface area contributed by atoms with Crippen LogP contribution < -0.4 is 5.32 Å². The second-order valence-electron chi connectivity index (χ2n) is 5.85. The summed E-state index contributed by atoms with van der Waals surface area (Å²) < 4.78 is 31.5. The fraction of sp³-hybridized carbons (Fsp3) is 0.176. The number of rotatable bonds is 3. The van der Waals surface area contributed by atoms with Crippen LogP contribution >= 0.6 is 23.2 Å². The SMILES string of the molecule is O=C(NC1CC1(F)F)c1ccc2nc(-c3cc(Cl)cc(Cl)c3)oc2c1. The lowest BCUT2D eigenvalue weighted by molar-refractivity contribution is 0.0849. The Bertz CT molecular complexity index is 983. The van der Waals surface area contributed by atoms with Crippen molar-refractivity contribution in [3.63, 3.8) is 0 Å². The molecule has 1 saturated carbocycles. The van der Waals surface area contributed by atoms with Crippen molar-refractivity contribution in [2.45, 2.75) is 18.4 Å². The van der Waals surface area contributed by atoms with E-state index in [-0.39, 0.29) is 12.0 Å². The average molecular weight is 383 g/mol. The van der Waals surface area contributed by atoms with E-state index in [1.54, 1.807) is 24.3 Å². The van der Waals surface area contributed by atoms with Crippen LogP contribution in [-0.2, 0) is 0 Å². The number of hydrogen-bond acceptors (Lipinski definition) is 3. The first kappa shape index (κ1) is 16.3. The maximum absolute atomic E-state index is 12.9. The molecule has 2 aromatic carbocycles. The van der Waals surface area contributed by atoms with E-state index in [9.17, 15) is 13.6 Å². The molecule has 0 radical (unpaired) electrons. The molecule has 1 unspecified atom stereocenters. The summed E-state index contributed by atoms with van der Waals surface area (Å²) in [5.74, 6) is -3.09. The number of hydrogen-bond donors (Lipinski definition) is 1. The molecule has 8 heteroatoms. The maximum atomic E-state index is 12.9. The fourth-order valence-electron chi connectivity index (χ4n) is 2.48. The van der Waals surface area contributed by atoms with E-state index in [1.165, 1.54) is 12.1 Å². The van der Waals surface area contributed by atoms with E-state index in [1.807, 2.05) is 0 Å². The minimum Gasteiger partial charge on any atom is -0.436 e. The van der Waals surface area contributed by atoms with Crippen LogP contribution in [0.5, 0.6) is 0 Å². The summed E-state index contributed by atoms with van der Waals surface area (Å²) in [6.07, 6.45) is -0.330. The van der Waals surface area contributed by atoms with E-state index in [4.69, 9.17) is 27.6 Å². The number of carbonyl (C=O) groups excluding carboxylic acids is 1. The molecule has 1 amide bonds. The smallest absolute Gasteiger partial charge is 0.270 e. The van der Waals surface area contributed by atoms with Crippen LogP contribution in [0.3, 0.4) is 0 Å². The molecule has 0 bridgehead atoms. The summed E-state index contributed by atoms with van der Waals surface area (Å²) in [6.45, 7) is 0. The van der Waals surface area contributed by atoms with Gasteiger partial charge in [0, 0.05) is 27.6 Å². The van der Waals surface area contributed by atoms with Gasteiger partial charge in [-0.25, -0.2) is 13.8 Å². The molecule has 1 N–H and O–H groups in total. The summed E-state index contributed by atoms with van der Waals surface area (Å²) >= 11 is 11.9. The number of halogens is 4. The lowest BCUT2D eigenvalue weighted by Gasteiger charge is -2.03. The molecule has 128 valence electrons. The van der Waals surface area contributed by atoms with Gasteiger partial charge in [0.15, 0.2) is 5.58 Å². The Morgan fingerprint density at radius 3 is 2.52 bits per heavy atom. The van der Waals surface area contributed by atoms with Crippen LogP contribution in [0.25, 0.3) is 22.6 Å². The Morgan fingerprint density at radius 2 is 1.88 bits per heavy atom. The molecular weight excluding hydrogens is 373 g/mol. The highest BCUT2D eigenvalue weighted by Gasteiger charge is 2.57. The number of aromatic nitrogens is 1. The summed E-state index contributed by atoms with van der Waals surface area (Å²) in [4.78, 5) is 16.4. The Balaban J connectivity index is 1.64. The Labute approximate surface area is 150 Å². The first-order valence-electron chi connectivity index (χ1n) is 7.37. The second-order valence-corrected chi connectivity index (χ2v) is 6.72. The summed E-state index contributed by atoms with van der Waals surface area (Å²) in [7, 11) is 0. The quantitative estimate of drug-likeness (QED) is 0.697. The van der Waals surface area contributed by atoms with Crippen molar-refractivity contribution in [1.29, 1.82) is 0 Å². The summed E-state index contributed by atoms with van der Waals surface area (Å²) in [6, 6.07) is 8.36. The summed E-state index contributed by atoms with van der Waals surface area (Å²) in [5.41, 5.74) is 1.71. The van der Waals surface area contributed by atoms with Gasteiger partial charge in [-0.15, -0.1) is 0 Å². The van der Waals surface area contributed by atoms with Crippen LogP contribution in [0.4, 0.5) is 8.78 Å². The molecule has 1 atom stereocenters. The normalized spacial score (nSPS) is 18.3. The zero-order chi connectivity index (χ0) is 17.8. The fourth-order valence-corrected chi connectivity index (χ4v) is 3.00. The Kier molecular flexibility index (Phi) is 3.70. The Hall–Kier alpha value is -2.18. The number of alkyl halides is 2. The van der Waals surface area contributed by atoms with Gasteiger partial charge in [0.2, 0.25) is 5.89 Å². The predicted molar refractivity (Wildman–Crippen MR) is 90.3 cm³/mol. The van der Waals surface area contributed by atoms with Gasteiger partial charge in [0.05, 0.1) is 6.04 Å². The van der Waals surface area contributed by atoms with E-state index in [0.717, 1.165) is 0 Å². The molecule has 25 heavy (non-hydrogen) atoms. The highest BCUT2D eigenvalue weighted by atomic mass is 35.5. The highest BCUT2D eigenvalue weighted by molar-refractivity contribution is 6.35. The zero-order valence-electron chi connectivity index (χ0n) is 12.5. The van der Waals surface area contributed by atoms with Gasteiger partial charge >= 0.3 is 0 Å². The molecular formula is C17H10Cl2F2N2O2. The molecule has 4 rings (SSSR count). The average Bonchev–Trinajstić information content (AvgIpc) is 2.95. The van der Waals surface area contributed by atoms with Crippen molar-refractivity contribution in [3.8, 4) is 11.5 Å². The molecule has 0 spiro atoms. The lowest BCUT2D eigenvalue weighted by atomic mass is 10.2. The summed E-state index contributed by atoms with van der Waals surface area (Å²) in [5, 5.41) is 3.17. The number of fused-ring (bicyclic) bond motifs is 1. The number of benzene rings is 2. The number of nitrogens with zero attached hydrogens (tertiary/aromatic N) is 1. The molecule has 4 nitrogen and oxygen atoms in total. The van der Waals surface area contributed by atoms with Crippen LogP contribution in [0.2, 0.25) is 10.0 Å². The monoisotopic (exact) mass is 382 g/mol. The van der Waals surface area contributed by atoms with Crippen molar-refractivity contribution in [1.82, 2.24) is 10.3 Å². The van der Waals surface area contributed by atoms with Gasteiger partial charge in [-0.3, -0.25) is 4.79 Å². The first-order valence-corrected chi connectivity index (χ1v) is 8.13. The molecule has 3 aromatic rings. The van der Waals surface area contributed by atoms with Crippen molar-refractivity contribution < 1.29 is 18.0 Å². The molecule has 1 fully saturated rings. The molecule has 0 saturated heterocycles. The zero-order valence-corrected chi connectivity index (χ0v) is 14.0. The van der Waals surface area contributed by atoms with Crippen LogP contribution in [0, 0.1) is 0 Å². The van der Waals surface area contributed by atoms with Crippen molar-refractivity contribution in [2.75, 3.05) is 0 Å². The van der Waals surface area contributed by atoms with Gasteiger partial charge in [0.25, 0.3) is 11.8 Å². The molecule has 1 heterocycles. The molecule has 0 aliphatic heterocycles. The van der Waals surface area contributed by atoms with Gasteiger partial charge in [-0.2, -0.15) is 0 Å². The third kappa shape index (κ3) is 3.19. The van der Waals surface area contributed by atoms with Gasteiger partial charge in [-0.1, -0.05) is 23.2 Å². The van der Waals surface area contributed by atoms with Crippen LogP contribution in [-0.4, -0.2) is 22.9 Å². The number of amides is 1. The van der Waals surface area contributed by atoms with Crippen molar-refractivity contribution >= 4 is 40.2 Å². The predicted octanol–water partition coefficient (Wildman–Crippen LogP) is 4.94. The lowest BCUT2D eigenvalue weighted by Crippen LogP contribution is -2.29. The topological polar surface area (TPSA) is 55.1 Å². The number of oxazole rings is 1. The van der Waals surface area contributed by atoms with E-state index >= 15 is 0 Å². The molecule has 1 aliphatic carbocycles. The van der Waals surface area contributed by atoms with E-state index in [2.05, 4.69) is 10.3 Å². The van der Waals surface area contributed by atoms with Crippen LogP contribution in [0.1, 0.15) is 16.8 Å². The Morgan fingerprint density at radius 1 is 1.20 bits per heavy atom. The van der Waals surface area contributed by atoms with E-state index in [0.29, 0.717) is 32.6 Å². The van der Waals surface area contributed by atoms with Crippen LogP contribution in [0.15, 0.2) is 40.8 Å². The number of carbonyl (C=O) groups is 1. The number of nitrogens with one attached hydrogen (secondary N) is 1. The minimum atomic E-state index is -2.81. The third-order valence-corrected chi connectivity index (χ3v) is 4.33. The van der Waals surface area contributed by atoms with Crippen molar-refractivity contribution in [2.24, 2.45) is 0 Å². The molecule has 1 aromatic heterocycles. The second kappa shape index (κ2) is 5.68. The minimum absolute atomic E-state index is 0.224. The highest BCUT2D eigenvalue weighted by Crippen LogP contribution is 2.41. The first-order chi connectivity index (χ1) is 11.8. The maximum Gasteiger partial charge on any atom is 0.270 e. The largest absolute Gasteiger partial charge is 0.436 e. The van der Waals surface area contributed by atoms with E-state index < -0.39 is 17.9 Å². The van der Waals surface area contributed by atoms with Crippen molar-refractivity contribution in [3.05, 3.63) is 52.0 Å². The molecule has 1 aliphatic rings. The standard InChI is InChI=1S/C17H10Cl2F2N2O2/c18-10-3-9(4-11(19)6-10)16-22-12-2-1-8(5-13(12)25-16)15(24)23-14-7-17(14,20)21/h1-6,14H,7H2,(H,23,24). The van der Waals surface area contributed by atoms with Gasteiger partial charge in [-0.05, 0) is 36.4 Å².